The van der Waals surface area contributed by atoms with Crippen LogP contribution in [0.2, 0.25) is 0 Å². The Bertz CT molecular complexity index is 850. The second-order valence-electron chi connectivity index (χ2n) is 11.0. The number of benzene rings is 1. The summed E-state index contributed by atoms with van der Waals surface area (Å²) in [6.07, 6.45) is 5.99. The fraction of sp³-hybridized carbons (Fsp3) is 0.731. The first-order valence-corrected chi connectivity index (χ1v) is 12.9. The van der Waals surface area contributed by atoms with Gasteiger partial charge < -0.3 is 25.6 Å². The van der Waals surface area contributed by atoms with Crippen LogP contribution in [0, 0.1) is 0 Å². The van der Waals surface area contributed by atoms with Gasteiger partial charge in [0.25, 0.3) is 0 Å². The van der Waals surface area contributed by atoms with Crippen LogP contribution in [-0.4, -0.2) is 89.3 Å². The first kappa shape index (κ1) is 24.2. The fourth-order valence-electron chi connectivity index (χ4n) is 6.39. The average molecular weight is 473 g/mol. The molecule has 4 aliphatic rings. The molecule has 0 bridgehead atoms. The van der Waals surface area contributed by atoms with Crippen LogP contribution in [0.15, 0.2) is 30.3 Å². The van der Waals surface area contributed by atoms with Crippen molar-refractivity contribution in [2.75, 3.05) is 39.9 Å². The Morgan fingerprint density at radius 2 is 1.82 bits per heavy atom. The number of aliphatic hydroxyl groups is 2. The smallest absolute Gasteiger partial charge is 0.221 e. The van der Waals surface area contributed by atoms with Crippen LogP contribution >= 0.6 is 0 Å². The van der Waals surface area contributed by atoms with E-state index >= 15 is 0 Å². The van der Waals surface area contributed by atoms with Crippen LogP contribution in [-0.2, 0) is 15.1 Å². The minimum atomic E-state index is -0.775. The number of hydrogen-bond acceptors (Lipinski definition) is 7. The molecule has 2 aliphatic carbocycles. The quantitative estimate of drug-likeness (QED) is 0.450. The maximum absolute atomic E-state index is 12.4. The molecule has 2 heterocycles. The van der Waals surface area contributed by atoms with E-state index in [0.717, 1.165) is 51.5 Å². The molecule has 0 radical (unpaired) electrons. The lowest BCUT2D eigenvalue weighted by atomic mass is 9.68. The Morgan fingerprint density at radius 1 is 1.12 bits per heavy atom. The summed E-state index contributed by atoms with van der Waals surface area (Å²) in [6.45, 7) is 2.89. The molecular formula is C26H40N4O4. The van der Waals surface area contributed by atoms with E-state index < -0.39 is 12.0 Å². The van der Waals surface area contributed by atoms with Crippen LogP contribution in [0.1, 0.15) is 56.9 Å². The van der Waals surface area contributed by atoms with E-state index in [9.17, 15) is 15.0 Å². The van der Waals surface area contributed by atoms with E-state index in [4.69, 9.17) is 4.74 Å². The zero-order valence-electron chi connectivity index (χ0n) is 20.3. The minimum Gasteiger partial charge on any atom is -0.389 e. The van der Waals surface area contributed by atoms with Crippen molar-refractivity contribution in [3.05, 3.63) is 35.9 Å². The fourth-order valence-corrected chi connectivity index (χ4v) is 6.39. The molecular weight excluding hydrogens is 432 g/mol. The first-order valence-electron chi connectivity index (χ1n) is 12.9. The molecule has 1 unspecified atom stereocenters. The third-order valence-corrected chi connectivity index (χ3v) is 8.93. The van der Waals surface area contributed by atoms with Crippen molar-refractivity contribution < 1.29 is 19.7 Å². The zero-order valence-corrected chi connectivity index (χ0v) is 20.3. The standard InChI is InChI=1S/C26H40N4O4/c1-27-26(20-6-3-2-4-7-20)13-11-24(12-14-26)18-29(15-8-22(31)28-21-16-34-17-21)23(32)30(24)19-25(33)9-5-10-25/h2-4,6-7,21,23,27,32-33H,5,8-19H2,1H3,(H,28,31)/t23?,24-,26+. The summed E-state index contributed by atoms with van der Waals surface area (Å²) < 4.78 is 5.14. The third-order valence-electron chi connectivity index (χ3n) is 8.93. The Balaban J connectivity index is 1.30. The zero-order chi connectivity index (χ0) is 23.8. The number of nitrogens with one attached hydrogen (secondary N) is 2. The molecule has 8 heteroatoms. The van der Waals surface area contributed by atoms with Crippen LogP contribution in [0.25, 0.3) is 0 Å². The van der Waals surface area contributed by atoms with Gasteiger partial charge >= 0.3 is 0 Å². The topological polar surface area (TPSA) is 97.3 Å². The highest BCUT2D eigenvalue weighted by atomic mass is 16.5. The molecule has 2 saturated carbocycles. The maximum Gasteiger partial charge on any atom is 0.221 e. The van der Waals surface area contributed by atoms with Crippen molar-refractivity contribution in [2.45, 2.75) is 80.4 Å². The highest BCUT2D eigenvalue weighted by Crippen LogP contribution is 2.48. The van der Waals surface area contributed by atoms with E-state index in [1.54, 1.807) is 0 Å². The van der Waals surface area contributed by atoms with Crippen LogP contribution < -0.4 is 10.6 Å². The summed E-state index contributed by atoms with van der Waals surface area (Å²) in [5.74, 6) is 0.00698. The summed E-state index contributed by atoms with van der Waals surface area (Å²) in [6, 6.07) is 10.8. The van der Waals surface area contributed by atoms with Crippen molar-refractivity contribution in [2.24, 2.45) is 0 Å². The molecule has 1 aromatic rings. The Hall–Kier alpha value is -1.55. The number of carbonyl (C=O) groups is 1. The number of nitrogens with zero attached hydrogens (tertiary/aromatic N) is 2. The van der Waals surface area contributed by atoms with Gasteiger partial charge in [0.15, 0.2) is 6.35 Å². The molecule has 34 heavy (non-hydrogen) atoms. The summed E-state index contributed by atoms with van der Waals surface area (Å²) >= 11 is 0. The number of hydrogen-bond donors (Lipinski definition) is 4. The highest BCUT2D eigenvalue weighted by molar-refractivity contribution is 5.76. The van der Waals surface area contributed by atoms with Crippen molar-refractivity contribution >= 4 is 5.91 Å². The molecule has 188 valence electrons. The monoisotopic (exact) mass is 472 g/mol. The van der Waals surface area contributed by atoms with Gasteiger partial charge in [-0.3, -0.25) is 14.6 Å². The lowest BCUT2D eigenvalue weighted by molar-refractivity contribution is -0.143. The number of ether oxygens (including phenoxy) is 1. The summed E-state index contributed by atoms with van der Waals surface area (Å²) in [5, 5.41) is 29.0. The predicted molar refractivity (Wildman–Crippen MR) is 129 cm³/mol. The molecule has 1 spiro atoms. The summed E-state index contributed by atoms with van der Waals surface area (Å²) in [4.78, 5) is 16.6. The van der Waals surface area contributed by atoms with Gasteiger partial charge in [-0.1, -0.05) is 30.3 Å². The number of β-amino-alcohol motifs (C(OH)–C–C–N with tert-alkyl or cyclic N) is 1. The van der Waals surface area contributed by atoms with Gasteiger partial charge in [0, 0.05) is 37.1 Å². The van der Waals surface area contributed by atoms with Crippen molar-refractivity contribution in [1.29, 1.82) is 0 Å². The van der Waals surface area contributed by atoms with Gasteiger partial charge in [0.1, 0.15) is 0 Å². The summed E-state index contributed by atoms with van der Waals surface area (Å²) in [5.41, 5.74) is 0.332. The van der Waals surface area contributed by atoms with Gasteiger partial charge in [-0.15, -0.1) is 0 Å². The number of rotatable bonds is 8. The third kappa shape index (κ3) is 4.52. The number of amides is 1. The van der Waals surface area contributed by atoms with Crippen LogP contribution in [0.5, 0.6) is 0 Å². The van der Waals surface area contributed by atoms with Crippen LogP contribution in [0.3, 0.4) is 0 Å². The van der Waals surface area contributed by atoms with Gasteiger partial charge in [0.05, 0.1) is 24.9 Å². The van der Waals surface area contributed by atoms with Gasteiger partial charge in [-0.25, -0.2) is 0 Å². The molecule has 1 aromatic carbocycles. The van der Waals surface area contributed by atoms with E-state index in [0.29, 0.717) is 32.7 Å². The average Bonchev–Trinajstić information content (AvgIpc) is 3.06. The molecule has 1 atom stereocenters. The molecule has 5 rings (SSSR count). The molecule has 4 fully saturated rings. The van der Waals surface area contributed by atoms with E-state index in [1.807, 2.05) is 11.9 Å². The van der Waals surface area contributed by atoms with E-state index in [1.165, 1.54) is 5.56 Å². The van der Waals surface area contributed by atoms with Gasteiger partial charge in [-0.05, 0) is 57.6 Å². The Kier molecular flexibility index (Phi) is 6.74. The van der Waals surface area contributed by atoms with Crippen LogP contribution in [0.4, 0.5) is 0 Å². The second-order valence-corrected chi connectivity index (χ2v) is 11.0. The SMILES string of the molecule is CN[C@]1(c2ccccc2)CC[C@]2(CC1)CN(CCC(=O)NC1COC1)C(O)N2CC1(O)CCC1. The first-order chi connectivity index (χ1) is 16.4. The van der Waals surface area contributed by atoms with E-state index in [-0.39, 0.29) is 23.0 Å². The normalized spacial score (nSPS) is 34.0. The number of aliphatic hydroxyl groups excluding tert-OH is 1. The second kappa shape index (κ2) is 9.48. The Labute approximate surface area is 202 Å². The van der Waals surface area contributed by atoms with Crippen molar-refractivity contribution in [3.8, 4) is 0 Å². The minimum absolute atomic E-state index is 0.00698. The lowest BCUT2D eigenvalue weighted by Gasteiger charge is -2.51. The van der Waals surface area contributed by atoms with Gasteiger partial charge in [-0.2, -0.15) is 0 Å². The number of carbonyl (C=O) groups excluding carboxylic acids is 1. The maximum atomic E-state index is 12.4. The molecule has 2 aliphatic heterocycles. The Morgan fingerprint density at radius 3 is 2.38 bits per heavy atom. The molecule has 4 N–H and O–H groups in total. The van der Waals surface area contributed by atoms with Gasteiger partial charge in [0.2, 0.25) is 5.91 Å². The lowest BCUT2D eigenvalue weighted by Crippen LogP contribution is -2.60. The van der Waals surface area contributed by atoms with Crippen molar-refractivity contribution in [1.82, 2.24) is 20.4 Å². The molecule has 0 aromatic heterocycles. The van der Waals surface area contributed by atoms with E-state index in [2.05, 4.69) is 45.9 Å². The molecule has 1 amide bonds. The largest absolute Gasteiger partial charge is 0.389 e. The molecule has 8 nitrogen and oxygen atoms in total. The summed E-state index contributed by atoms with van der Waals surface area (Å²) in [7, 11) is 2.04. The van der Waals surface area contributed by atoms with Crippen molar-refractivity contribution in [3.63, 3.8) is 0 Å². The highest BCUT2D eigenvalue weighted by Gasteiger charge is 2.55. The molecule has 2 saturated heterocycles. The predicted octanol–water partition coefficient (Wildman–Crippen LogP) is 1.13.